The number of nitrogens with one attached hydrogen (secondary N) is 1. The van der Waals surface area contributed by atoms with Gasteiger partial charge >= 0.3 is 0 Å². The standard InChI is InChI=1S/C27H37Cl2N3O4S/c1-6-15-30-27(34)24(7-2)31(18-21-13-14-22(28)17-23(21)29)26(33)12-9-16-32(37(5,35)36)25-11-8-10-19(3)20(25)4/h8,10-11,13-14,17,24H,6-7,9,12,15-16,18H2,1-5H3,(H,30,34)/t24-/m1/s1. The van der Waals surface area contributed by atoms with Crippen LogP contribution in [0.3, 0.4) is 0 Å². The first-order valence-corrected chi connectivity index (χ1v) is 15.1. The predicted molar refractivity (Wildman–Crippen MR) is 152 cm³/mol. The number of amides is 2. The third kappa shape index (κ3) is 8.62. The van der Waals surface area contributed by atoms with Crippen molar-refractivity contribution in [3.8, 4) is 0 Å². The van der Waals surface area contributed by atoms with Gasteiger partial charge in [0.1, 0.15) is 6.04 Å². The number of aryl methyl sites for hydroxylation is 1. The van der Waals surface area contributed by atoms with Gasteiger partial charge < -0.3 is 10.2 Å². The van der Waals surface area contributed by atoms with Crippen molar-refractivity contribution in [3.63, 3.8) is 0 Å². The van der Waals surface area contributed by atoms with Crippen LogP contribution >= 0.6 is 23.2 Å². The lowest BCUT2D eigenvalue weighted by molar-refractivity contribution is -0.141. The molecule has 2 aromatic rings. The molecule has 2 aromatic carbocycles. The summed E-state index contributed by atoms with van der Waals surface area (Å²) in [5.74, 6) is -0.477. The second-order valence-electron chi connectivity index (χ2n) is 9.13. The fraction of sp³-hybridized carbons (Fsp3) is 0.481. The van der Waals surface area contributed by atoms with E-state index in [1.807, 2.05) is 39.8 Å². The number of hydrogen-bond acceptors (Lipinski definition) is 4. The molecule has 0 aromatic heterocycles. The minimum Gasteiger partial charge on any atom is -0.354 e. The number of rotatable bonds is 13. The monoisotopic (exact) mass is 569 g/mol. The van der Waals surface area contributed by atoms with Gasteiger partial charge in [-0.15, -0.1) is 0 Å². The zero-order chi connectivity index (χ0) is 27.8. The van der Waals surface area contributed by atoms with E-state index < -0.39 is 16.1 Å². The number of hydrogen-bond donors (Lipinski definition) is 1. The molecule has 7 nitrogen and oxygen atoms in total. The Balaban J connectivity index is 2.27. The Morgan fingerprint density at radius 3 is 2.38 bits per heavy atom. The summed E-state index contributed by atoms with van der Waals surface area (Å²) in [6, 6.07) is 9.87. The topological polar surface area (TPSA) is 86.8 Å². The maximum absolute atomic E-state index is 13.5. The number of nitrogens with zero attached hydrogens (tertiary/aromatic N) is 2. The van der Waals surface area contributed by atoms with E-state index in [1.165, 1.54) is 9.21 Å². The van der Waals surface area contributed by atoms with Gasteiger partial charge in [-0.1, -0.05) is 55.2 Å². The average Bonchev–Trinajstić information content (AvgIpc) is 2.82. The first-order valence-electron chi connectivity index (χ1n) is 12.5. The van der Waals surface area contributed by atoms with Crippen LogP contribution in [-0.2, 0) is 26.2 Å². The number of carbonyl (C=O) groups is 2. The second kappa shape index (κ2) is 14.0. The van der Waals surface area contributed by atoms with Gasteiger partial charge in [-0.05, 0) is 68.0 Å². The van der Waals surface area contributed by atoms with Gasteiger partial charge in [0.25, 0.3) is 0 Å². The predicted octanol–water partition coefficient (Wildman–Crippen LogP) is 5.49. The van der Waals surface area contributed by atoms with Gasteiger partial charge in [0.15, 0.2) is 0 Å². The van der Waals surface area contributed by atoms with Crippen LogP contribution in [0.25, 0.3) is 0 Å². The van der Waals surface area contributed by atoms with E-state index in [9.17, 15) is 18.0 Å². The molecule has 0 spiro atoms. The van der Waals surface area contributed by atoms with Crippen LogP contribution in [0.5, 0.6) is 0 Å². The molecular weight excluding hydrogens is 533 g/mol. The molecule has 0 unspecified atom stereocenters. The zero-order valence-electron chi connectivity index (χ0n) is 22.2. The van der Waals surface area contributed by atoms with Crippen molar-refractivity contribution in [2.24, 2.45) is 0 Å². The summed E-state index contributed by atoms with van der Waals surface area (Å²) in [6.45, 7) is 8.41. The highest BCUT2D eigenvalue weighted by Crippen LogP contribution is 2.27. The van der Waals surface area contributed by atoms with Crippen LogP contribution in [0.4, 0.5) is 5.69 Å². The van der Waals surface area contributed by atoms with Gasteiger partial charge in [-0.25, -0.2) is 8.42 Å². The molecule has 0 saturated carbocycles. The summed E-state index contributed by atoms with van der Waals surface area (Å²) < 4.78 is 26.6. The summed E-state index contributed by atoms with van der Waals surface area (Å²) in [5, 5.41) is 3.77. The molecular formula is C27H37Cl2N3O4S. The fourth-order valence-electron chi connectivity index (χ4n) is 4.11. The van der Waals surface area contributed by atoms with Gasteiger partial charge in [0, 0.05) is 36.1 Å². The first-order chi connectivity index (χ1) is 17.4. The molecule has 0 aliphatic heterocycles. The van der Waals surface area contributed by atoms with E-state index in [1.54, 1.807) is 24.3 Å². The van der Waals surface area contributed by atoms with E-state index >= 15 is 0 Å². The maximum Gasteiger partial charge on any atom is 0.242 e. The summed E-state index contributed by atoms with van der Waals surface area (Å²) in [5.41, 5.74) is 3.13. The van der Waals surface area contributed by atoms with Crippen molar-refractivity contribution in [2.45, 2.75) is 66.0 Å². The smallest absolute Gasteiger partial charge is 0.242 e. The maximum atomic E-state index is 13.5. The van der Waals surface area contributed by atoms with Crippen LogP contribution in [0.15, 0.2) is 36.4 Å². The Bertz CT molecular complexity index is 1200. The molecule has 37 heavy (non-hydrogen) atoms. The molecule has 0 bridgehead atoms. The highest BCUT2D eigenvalue weighted by atomic mass is 35.5. The summed E-state index contributed by atoms with van der Waals surface area (Å²) in [6.07, 6.45) is 2.72. The lowest BCUT2D eigenvalue weighted by atomic mass is 10.1. The third-order valence-electron chi connectivity index (χ3n) is 6.29. The highest BCUT2D eigenvalue weighted by molar-refractivity contribution is 7.92. The Labute approximate surface area is 231 Å². The van der Waals surface area contributed by atoms with Crippen LogP contribution in [0.2, 0.25) is 10.0 Å². The van der Waals surface area contributed by atoms with Crippen LogP contribution in [0.1, 0.15) is 56.2 Å². The summed E-state index contributed by atoms with van der Waals surface area (Å²) in [7, 11) is -3.56. The van der Waals surface area contributed by atoms with Gasteiger partial charge in [-0.2, -0.15) is 0 Å². The minimum atomic E-state index is -3.56. The van der Waals surface area contributed by atoms with Gasteiger partial charge in [0.05, 0.1) is 11.9 Å². The highest BCUT2D eigenvalue weighted by Gasteiger charge is 2.29. The van der Waals surface area contributed by atoms with E-state index in [2.05, 4.69) is 5.32 Å². The molecule has 0 aliphatic carbocycles. The number of sulfonamides is 1. The fourth-order valence-corrected chi connectivity index (χ4v) is 5.59. The molecule has 1 atom stereocenters. The van der Waals surface area contributed by atoms with E-state index in [-0.39, 0.29) is 37.7 Å². The largest absolute Gasteiger partial charge is 0.354 e. The molecule has 0 aliphatic rings. The zero-order valence-corrected chi connectivity index (χ0v) is 24.5. The quantitative estimate of drug-likeness (QED) is 0.345. The molecule has 0 fully saturated rings. The van der Waals surface area contributed by atoms with Crippen LogP contribution < -0.4 is 9.62 Å². The summed E-state index contributed by atoms with van der Waals surface area (Å²) in [4.78, 5) is 28.0. The minimum absolute atomic E-state index is 0.0691. The third-order valence-corrected chi connectivity index (χ3v) is 8.05. The number of halogens is 2. The van der Waals surface area contributed by atoms with Crippen molar-refractivity contribution in [1.82, 2.24) is 10.2 Å². The Kier molecular flexibility index (Phi) is 11.7. The summed E-state index contributed by atoms with van der Waals surface area (Å²) >= 11 is 12.4. The Hall–Kier alpha value is -2.29. The van der Waals surface area contributed by atoms with E-state index in [0.29, 0.717) is 34.3 Å². The van der Waals surface area contributed by atoms with Gasteiger partial charge in [-0.3, -0.25) is 13.9 Å². The van der Waals surface area contributed by atoms with Crippen LogP contribution in [-0.4, -0.2) is 50.5 Å². The van der Waals surface area contributed by atoms with Crippen molar-refractivity contribution < 1.29 is 18.0 Å². The molecule has 204 valence electrons. The van der Waals surface area contributed by atoms with E-state index in [0.717, 1.165) is 23.8 Å². The number of carbonyl (C=O) groups excluding carboxylic acids is 2. The molecule has 0 heterocycles. The van der Waals surface area contributed by atoms with Gasteiger partial charge in [0.2, 0.25) is 21.8 Å². The molecule has 2 amide bonds. The normalized spacial score (nSPS) is 12.2. The lowest BCUT2D eigenvalue weighted by Gasteiger charge is -2.31. The van der Waals surface area contributed by atoms with Crippen LogP contribution in [0, 0.1) is 13.8 Å². The molecule has 10 heteroatoms. The first kappa shape index (κ1) is 30.9. The molecule has 0 saturated heterocycles. The Morgan fingerprint density at radius 1 is 1.08 bits per heavy atom. The Morgan fingerprint density at radius 2 is 1.78 bits per heavy atom. The molecule has 0 radical (unpaired) electrons. The molecule has 1 N–H and O–H groups in total. The SMILES string of the molecule is CCCNC(=O)[C@@H](CC)N(Cc1ccc(Cl)cc1Cl)C(=O)CCCN(c1cccc(C)c1C)S(C)(=O)=O. The van der Waals surface area contributed by atoms with E-state index in [4.69, 9.17) is 23.2 Å². The van der Waals surface area contributed by atoms with Crippen molar-refractivity contribution >= 4 is 50.7 Å². The van der Waals surface area contributed by atoms with Crippen molar-refractivity contribution in [2.75, 3.05) is 23.7 Å². The number of benzene rings is 2. The van der Waals surface area contributed by atoms with Crippen molar-refractivity contribution in [1.29, 1.82) is 0 Å². The van der Waals surface area contributed by atoms with Crippen molar-refractivity contribution in [3.05, 3.63) is 63.1 Å². The molecule has 2 rings (SSSR count). The number of anilines is 1. The second-order valence-corrected chi connectivity index (χ2v) is 11.9. The average molecular weight is 571 g/mol. The lowest BCUT2D eigenvalue weighted by Crippen LogP contribution is -2.49.